The van der Waals surface area contributed by atoms with Crippen LogP contribution in [0.2, 0.25) is 0 Å². The van der Waals surface area contributed by atoms with E-state index in [9.17, 15) is 9.59 Å². The van der Waals surface area contributed by atoms with Crippen LogP contribution in [-0.4, -0.2) is 41.4 Å². The maximum absolute atomic E-state index is 12.3. The number of aromatic nitrogens is 1. The average molecular weight is 287 g/mol. The Morgan fingerprint density at radius 3 is 2.90 bits per heavy atom. The quantitative estimate of drug-likeness (QED) is 0.669. The third kappa shape index (κ3) is 3.10. The molecule has 2 heterocycles. The summed E-state index contributed by atoms with van der Waals surface area (Å²) in [5.74, 6) is -0.0755. The van der Waals surface area contributed by atoms with E-state index in [0.717, 1.165) is 0 Å². The van der Waals surface area contributed by atoms with Crippen molar-refractivity contribution in [2.24, 2.45) is 0 Å². The zero-order chi connectivity index (χ0) is 15.4. The van der Waals surface area contributed by atoms with E-state index in [-0.39, 0.29) is 11.8 Å². The van der Waals surface area contributed by atoms with Crippen molar-refractivity contribution in [1.82, 2.24) is 9.88 Å². The molecule has 6 nitrogen and oxygen atoms in total. The molecule has 0 saturated carbocycles. The number of ether oxygens (including phenoxy) is 1. The molecule has 0 fully saturated rings. The van der Waals surface area contributed by atoms with Gasteiger partial charge in [-0.05, 0) is 19.1 Å². The highest BCUT2D eigenvalue weighted by Gasteiger charge is 2.29. The van der Waals surface area contributed by atoms with E-state index >= 15 is 0 Å². The Labute approximate surface area is 123 Å². The summed E-state index contributed by atoms with van der Waals surface area (Å²) in [5.41, 5.74) is 1.23. The van der Waals surface area contributed by atoms with Crippen LogP contribution in [0.15, 0.2) is 36.9 Å². The fourth-order valence-electron chi connectivity index (χ4n) is 2.08. The standard InChI is InChI=1S/C15H17N3O3/c1-4-14(19)18-9-5-6-12(18)15(20)17-11-7-8-13(21-3)16-10(11)2/h4-8,12H,1,9H2,2-3H3,(H,17,20)/t12-/m0/s1. The Morgan fingerprint density at radius 1 is 1.52 bits per heavy atom. The van der Waals surface area contributed by atoms with Crippen LogP contribution in [0.1, 0.15) is 5.69 Å². The van der Waals surface area contributed by atoms with Gasteiger partial charge in [0.15, 0.2) is 0 Å². The summed E-state index contributed by atoms with van der Waals surface area (Å²) < 4.78 is 5.02. The number of hydrogen-bond acceptors (Lipinski definition) is 4. The van der Waals surface area contributed by atoms with E-state index in [1.165, 1.54) is 18.1 Å². The van der Waals surface area contributed by atoms with Crippen LogP contribution >= 0.6 is 0 Å². The highest BCUT2D eigenvalue weighted by molar-refractivity contribution is 6.01. The lowest BCUT2D eigenvalue weighted by Gasteiger charge is -2.22. The minimum Gasteiger partial charge on any atom is -0.481 e. The lowest BCUT2D eigenvalue weighted by molar-refractivity contribution is -0.131. The number of aryl methyl sites for hydroxylation is 1. The van der Waals surface area contributed by atoms with Crippen LogP contribution in [0.25, 0.3) is 0 Å². The van der Waals surface area contributed by atoms with Gasteiger partial charge in [0.1, 0.15) is 6.04 Å². The van der Waals surface area contributed by atoms with Crippen molar-refractivity contribution in [1.29, 1.82) is 0 Å². The lowest BCUT2D eigenvalue weighted by Crippen LogP contribution is -2.42. The summed E-state index contributed by atoms with van der Waals surface area (Å²) in [6, 6.07) is 2.76. The van der Waals surface area contributed by atoms with Crippen LogP contribution in [0.3, 0.4) is 0 Å². The molecule has 0 spiro atoms. The molecule has 0 bridgehead atoms. The van der Waals surface area contributed by atoms with E-state index in [1.807, 2.05) is 0 Å². The van der Waals surface area contributed by atoms with Crippen molar-refractivity contribution >= 4 is 17.5 Å². The summed E-state index contributed by atoms with van der Waals surface area (Å²) in [4.78, 5) is 29.6. The number of nitrogens with one attached hydrogen (secondary N) is 1. The Kier molecular flexibility index (Phi) is 4.37. The van der Waals surface area contributed by atoms with Gasteiger partial charge in [-0.15, -0.1) is 0 Å². The van der Waals surface area contributed by atoms with Gasteiger partial charge >= 0.3 is 0 Å². The minimum atomic E-state index is -0.628. The first-order chi connectivity index (χ1) is 10.1. The SMILES string of the molecule is C=CC(=O)N1CC=C[C@H]1C(=O)Nc1ccc(OC)nc1C. The second kappa shape index (κ2) is 6.21. The van der Waals surface area contributed by atoms with Crippen LogP contribution in [0, 0.1) is 6.92 Å². The first-order valence-corrected chi connectivity index (χ1v) is 6.49. The number of amides is 2. The van der Waals surface area contributed by atoms with Crippen molar-refractivity contribution in [3.8, 4) is 5.88 Å². The van der Waals surface area contributed by atoms with Crippen molar-refractivity contribution < 1.29 is 14.3 Å². The molecule has 1 aliphatic heterocycles. The van der Waals surface area contributed by atoms with Crippen LogP contribution in [0.4, 0.5) is 5.69 Å². The van der Waals surface area contributed by atoms with Crippen LogP contribution in [0.5, 0.6) is 5.88 Å². The first-order valence-electron chi connectivity index (χ1n) is 6.49. The third-order valence-electron chi connectivity index (χ3n) is 3.21. The van der Waals surface area contributed by atoms with Crippen LogP contribution < -0.4 is 10.1 Å². The van der Waals surface area contributed by atoms with E-state index in [4.69, 9.17) is 4.74 Å². The monoisotopic (exact) mass is 287 g/mol. The topological polar surface area (TPSA) is 71.5 Å². The number of anilines is 1. The summed E-state index contributed by atoms with van der Waals surface area (Å²) >= 11 is 0. The molecule has 6 heteroatoms. The number of nitrogens with zero attached hydrogens (tertiary/aromatic N) is 2. The number of carbonyl (C=O) groups excluding carboxylic acids is 2. The maximum atomic E-state index is 12.3. The fraction of sp³-hybridized carbons (Fsp3) is 0.267. The van der Waals surface area contributed by atoms with E-state index in [0.29, 0.717) is 23.8 Å². The molecule has 21 heavy (non-hydrogen) atoms. The molecule has 2 rings (SSSR count). The summed E-state index contributed by atoms with van der Waals surface area (Å²) in [6.07, 6.45) is 4.68. The number of methoxy groups -OCH3 is 1. The Balaban J connectivity index is 2.12. The zero-order valence-electron chi connectivity index (χ0n) is 12.0. The lowest BCUT2D eigenvalue weighted by atomic mass is 10.2. The van der Waals surface area contributed by atoms with Gasteiger partial charge in [-0.1, -0.05) is 18.7 Å². The molecule has 1 atom stereocenters. The van der Waals surface area contributed by atoms with Crippen molar-refractivity contribution in [3.05, 3.63) is 42.6 Å². The van der Waals surface area contributed by atoms with Gasteiger partial charge in [0.2, 0.25) is 11.8 Å². The van der Waals surface area contributed by atoms with Gasteiger partial charge in [0.25, 0.3) is 5.91 Å². The van der Waals surface area contributed by atoms with E-state index in [1.54, 1.807) is 31.2 Å². The third-order valence-corrected chi connectivity index (χ3v) is 3.21. The van der Waals surface area contributed by atoms with Crippen LogP contribution in [-0.2, 0) is 9.59 Å². The average Bonchev–Trinajstić information content (AvgIpc) is 2.98. The minimum absolute atomic E-state index is 0.273. The second-order valence-electron chi connectivity index (χ2n) is 4.54. The fourth-order valence-corrected chi connectivity index (χ4v) is 2.08. The molecule has 110 valence electrons. The molecule has 0 radical (unpaired) electrons. The van der Waals surface area contributed by atoms with E-state index < -0.39 is 6.04 Å². The zero-order valence-corrected chi connectivity index (χ0v) is 12.0. The van der Waals surface area contributed by atoms with Gasteiger partial charge in [-0.25, -0.2) is 4.98 Å². The molecule has 0 saturated heterocycles. The van der Waals surface area contributed by atoms with Gasteiger partial charge in [-0.3, -0.25) is 9.59 Å². The van der Waals surface area contributed by atoms with Crippen molar-refractivity contribution in [3.63, 3.8) is 0 Å². The molecule has 0 unspecified atom stereocenters. The molecule has 0 aliphatic carbocycles. The Bertz CT molecular complexity index is 610. The summed E-state index contributed by atoms with van der Waals surface area (Å²) in [5, 5.41) is 2.78. The largest absolute Gasteiger partial charge is 0.481 e. The van der Waals surface area contributed by atoms with Gasteiger partial charge in [0, 0.05) is 12.6 Å². The van der Waals surface area contributed by atoms with Gasteiger partial charge in [0.05, 0.1) is 18.5 Å². The highest BCUT2D eigenvalue weighted by Crippen LogP contribution is 2.19. The van der Waals surface area contributed by atoms with Crippen molar-refractivity contribution in [2.45, 2.75) is 13.0 Å². The molecule has 1 N–H and O–H groups in total. The molecule has 1 aliphatic rings. The predicted molar refractivity (Wildman–Crippen MR) is 79.0 cm³/mol. The van der Waals surface area contributed by atoms with Crippen molar-refractivity contribution in [2.75, 3.05) is 19.0 Å². The molecule has 1 aromatic rings. The first kappa shape index (κ1) is 14.8. The molecular formula is C15H17N3O3. The van der Waals surface area contributed by atoms with E-state index in [2.05, 4.69) is 16.9 Å². The second-order valence-corrected chi connectivity index (χ2v) is 4.54. The highest BCUT2D eigenvalue weighted by atomic mass is 16.5. The van der Waals surface area contributed by atoms with Gasteiger partial charge < -0.3 is 15.0 Å². The Morgan fingerprint density at radius 2 is 2.29 bits per heavy atom. The number of carbonyl (C=O) groups is 2. The molecular weight excluding hydrogens is 270 g/mol. The Hall–Kier alpha value is -2.63. The smallest absolute Gasteiger partial charge is 0.251 e. The molecule has 2 amide bonds. The van der Waals surface area contributed by atoms with Gasteiger partial charge in [-0.2, -0.15) is 0 Å². The molecule has 0 aromatic carbocycles. The maximum Gasteiger partial charge on any atom is 0.251 e. The molecule has 1 aromatic heterocycles. The number of hydrogen-bond donors (Lipinski definition) is 1. The summed E-state index contributed by atoms with van der Waals surface area (Å²) in [7, 11) is 1.53. The number of rotatable bonds is 4. The predicted octanol–water partition coefficient (Wildman–Crippen LogP) is 1.29. The number of pyridine rings is 1. The summed E-state index contributed by atoms with van der Waals surface area (Å²) in [6.45, 7) is 5.62. The normalized spacial score (nSPS) is 16.7.